The van der Waals surface area contributed by atoms with Gasteiger partial charge in [0, 0.05) is 13.1 Å². The van der Waals surface area contributed by atoms with E-state index < -0.39 is 18.5 Å². The third-order valence-corrected chi connectivity index (χ3v) is 2.93. The molecule has 0 aliphatic carbocycles. The number of anilines is 1. The summed E-state index contributed by atoms with van der Waals surface area (Å²) in [5.74, 6) is -0.695. The van der Waals surface area contributed by atoms with Crippen LogP contribution in [0.25, 0.3) is 0 Å². The Morgan fingerprint density at radius 1 is 1.30 bits per heavy atom. The Morgan fingerprint density at radius 3 is 2.61 bits per heavy atom. The van der Waals surface area contributed by atoms with Gasteiger partial charge in [-0.05, 0) is 0 Å². The number of carbonyl (C=O) groups excluding carboxylic acids is 1. The van der Waals surface area contributed by atoms with Crippen molar-refractivity contribution in [3.05, 3.63) is 5.82 Å². The van der Waals surface area contributed by atoms with Crippen molar-refractivity contribution in [3.63, 3.8) is 0 Å². The molecule has 0 spiro atoms. The van der Waals surface area contributed by atoms with Gasteiger partial charge in [-0.15, -0.1) is 0 Å². The van der Waals surface area contributed by atoms with Gasteiger partial charge in [0.05, 0.1) is 26.9 Å². The fraction of sp³-hybridized carbons (Fsp3) is 0.667. The normalized spacial score (nSPS) is 15.4. The van der Waals surface area contributed by atoms with Crippen LogP contribution >= 0.6 is 0 Å². The lowest BCUT2D eigenvalue weighted by atomic mass is 10.4. The monoisotopic (exact) mass is 335 g/mol. The van der Waals surface area contributed by atoms with E-state index in [-0.39, 0.29) is 18.4 Å². The van der Waals surface area contributed by atoms with Gasteiger partial charge in [-0.2, -0.15) is 28.1 Å². The smallest absolute Gasteiger partial charge is 0.397 e. The number of carbonyl (C=O) groups is 1. The third-order valence-electron chi connectivity index (χ3n) is 2.93. The first kappa shape index (κ1) is 17.2. The zero-order chi connectivity index (χ0) is 16.9. The Bertz CT molecular complexity index is 549. The summed E-state index contributed by atoms with van der Waals surface area (Å²) >= 11 is 0. The predicted molar refractivity (Wildman–Crippen MR) is 71.9 cm³/mol. The molecule has 0 aromatic carbocycles. The molecule has 128 valence electrons. The van der Waals surface area contributed by atoms with Crippen LogP contribution < -0.4 is 15.0 Å². The molecule has 0 saturated carbocycles. The molecule has 0 unspecified atom stereocenters. The Labute approximate surface area is 130 Å². The molecule has 1 saturated heterocycles. The minimum absolute atomic E-state index is 0.0292. The van der Waals surface area contributed by atoms with Crippen molar-refractivity contribution in [1.29, 1.82) is 0 Å². The maximum Gasteiger partial charge on any atom is 0.397 e. The number of amides is 1. The molecule has 0 bridgehead atoms. The standard InChI is InChI=1S/C12H16F3N5O3/c1-22-11-18-8(7-16-9(21)6-12(13,14)15)17-10(19-11)20-2-4-23-5-3-20/h2-7H2,1H3,(H,16,21). The molecule has 2 rings (SSSR count). The minimum atomic E-state index is -4.56. The number of halogens is 3. The van der Waals surface area contributed by atoms with E-state index >= 15 is 0 Å². The fourth-order valence-corrected chi connectivity index (χ4v) is 1.88. The number of ether oxygens (including phenoxy) is 2. The SMILES string of the molecule is COc1nc(CNC(=O)CC(F)(F)F)nc(N2CCOCC2)n1. The average Bonchev–Trinajstić information content (AvgIpc) is 2.52. The third kappa shape index (κ3) is 5.51. The quantitative estimate of drug-likeness (QED) is 0.827. The van der Waals surface area contributed by atoms with Gasteiger partial charge >= 0.3 is 12.2 Å². The second-order valence-electron chi connectivity index (χ2n) is 4.71. The highest BCUT2D eigenvalue weighted by Gasteiger charge is 2.31. The number of nitrogens with one attached hydrogen (secondary N) is 1. The van der Waals surface area contributed by atoms with Gasteiger partial charge in [-0.3, -0.25) is 4.79 Å². The first-order chi connectivity index (χ1) is 10.9. The Balaban J connectivity index is 2.04. The zero-order valence-electron chi connectivity index (χ0n) is 12.4. The van der Waals surface area contributed by atoms with Crippen LogP contribution in [0.2, 0.25) is 0 Å². The number of methoxy groups -OCH3 is 1. The maximum atomic E-state index is 12.1. The molecule has 1 N–H and O–H groups in total. The summed E-state index contributed by atoms with van der Waals surface area (Å²) in [6.45, 7) is 1.95. The summed E-state index contributed by atoms with van der Waals surface area (Å²) in [5.41, 5.74) is 0. The lowest BCUT2D eigenvalue weighted by molar-refractivity contribution is -0.153. The molecular weight excluding hydrogens is 319 g/mol. The van der Waals surface area contributed by atoms with Crippen LogP contribution in [0.1, 0.15) is 12.2 Å². The van der Waals surface area contributed by atoms with Gasteiger partial charge in [0.25, 0.3) is 0 Å². The van der Waals surface area contributed by atoms with Crippen LogP contribution in [0.4, 0.5) is 19.1 Å². The van der Waals surface area contributed by atoms with Crippen LogP contribution in [0.15, 0.2) is 0 Å². The molecule has 8 nitrogen and oxygen atoms in total. The highest BCUT2D eigenvalue weighted by molar-refractivity contribution is 5.76. The van der Waals surface area contributed by atoms with Crippen LogP contribution in [0, 0.1) is 0 Å². The number of rotatable bonds is 5. The van der Waals surface area contributed by atoms with Gasteiger partial charge < -0.3 is 19.7 Å². The molecule has 1 fully saturated rings. The van der Waals surface area contributed by atoms with E-state index in [2.05, 4.69) is 20.3 Å². The van der Waals surface area contributed by atoms with E-state index in [0.717, 1.165) is 0 Å². The highest BCUT2D eigenvalue weighted by atomic mass is 19.4. The molecule has 2 heterocycles. The lowest BCUT2D eigenvalue weighted by Crippen LogP contribution is -2.38. The first-order valence-corrected chi connectivity index (χ1v) is 6.82. The molecule has 0 radical (unpaired) electrons. The van der Waals surface area contributed by atoms with Crippen LogP contribution in [0.5, 0.6) is 6.01 Å². The number of alkyl halides is 3. The molecule has 0 atom stereocenters. The summed E-state index contributed by atoms with van der Waals surface area (Å²) in [6, 6.07) is 0.0292. The number of nitrogens with zero attached hydrogens (tertiary/aromatic N) is 4. The van der Waals surface area contributed by atoms with E-state index in [9.17, 15) is 18.0 Å². The molecule has 1 aliphatic heterocycles. The van der Waals surface area contributed by atoms with Crippen molar-refractivity contribution in [2.24, 2.45) is 0 Å². The summed E-state index contributed by atoms with van der Waals surface area (Å²) in [5, 5.41) is 2.13. The summed E-state index contributed by atoms with van der Waals surface area (Å²) in [6.07, 6.45) is -6.11. The number of morpholine rings is 1. The van der Waals surface area contributed by atoms with Crippen LogP contribution in [-0.2, 0) is 16.1 Å². The van der Waals surface area contributed by atoms with Crippen molar-refractivity contribution >= 4 is 11.9 Å². The molecule has 23 heavy (non-hydrogen) atoms. The van der Waals surface area contributed by atoms with E-state index in [1.54, 1.807) is 0 Å². The average molecular weight is 335 g/mol. The van der Waals surface area contributed by atoms with Crippen LogP contribution in [0.3, 0.4) is 0 Å². The van der Waals surface area contributed by atoms with Crippen molar-refractivity contribution in [3.8, 4) is 6.01 Å². The number of hydrogen-bond donors (Lipinski definition) is 1. The van der Waals surface area contributed by atoms with Gasteiger partial charge in [0.2, 0.25) is 11.9 Å². The number of aromatic nitrogens is 3. The zero-order valence-corrected chi connectivity index (χ0v) is 12.4. The van der Waals surface area contributed by atoms with E-state index in [0.29, 0.717) is 32.3 Å². The maximum absolute atomic E-state index is 12.1. The second kappa shape index (κ2) is 7.40. The summed E-state index contributed by atoms with van der Waals surface area (Å²) in [4.78, 5) is 25.2. The minimum Gasteiger partial charge on any atom is -0.467 e. The van der Waals surface area contributed by atoms with Gasteiger partial charge in [-0.1, -0.05) is 0 Å². The largest absolute Gasteiger partial charge is 0.467 e. The molecule has 1 amide bonds. The summed E-state index contributed by atoms with van der Waals surface area (Å²) in [7, 11) is 1.37. The molecule has 1 aromatic heterocycles. The van der Waals surface area contributed by atoms with E-state index in [1.807, 2.05) is 4.90 Å². The number of hydrogen-bond acceptors (Lipinski definition) is 7. The van der Waals surface area contributed by atoms with Gasteiger partial charge in [0.1, 0.15) is 6.42 Å². The highest BCUT2D eigenvalue weighted by Crippen LogP contribution is 2.19. The fourth-order valence-electron chi connectivity index (χ4n) is 1.88. The Kier molecular flexibility index (Phi) is 5.53. The van der Waals surface area contributed by atoms with E-state index in [4.69, 9.17) is 9.47 Å². The topological polar surface area (TPSA) is 89.5 Å². The Hall–Kier alpha value is -2.17. The van der Waals surface area contributed by atoms with E-state index in [1.165, 1.54) is 7.11 Å². The van der Waals surface area contributed by atoms with Gasteiger partial charge in [-0.25, -0.2) is 0 Å². The second-order valence-corrected chi connectivity index (χ2v) is 4.71. The molecule has 11 heteroatoms. The molecule has 1 aromatic rings. The van der Waals surface area contributed by atoms with Crippen LogP contribution in [-0.4, -0.2) is 60.4 Å². The van der Waals surface area contributed by atoms with Crippen molar-refractivity contribution < 1.29 is 27.4 Å². The van der Waals surface area contributed by atoms with Crippen molar-refractivity contribution in [2.45, 2.75) is 19.1 Å². The predicted octanol–water partition coefficient (Wildman–Crippen LogP) is 0.285. The first-order valence-electron chi connectivity index (χ1n) is 6.82. The molecule has 1 aliphatic rings. The summed E-state index contributed by atoms with van der Waals surface area (Å²) < 4.78 is 46.5. The van der Waals surface area contributed by atoms with Gasteiger partial charge in [0.15, 0.2) is 5.82 Å². The Morgan fingerprint density at radius 2 is 2.00 bits per heavy atom. The van der Waals surface area contributed by atoms with Crippen molar-refractivity contribution in [1.82, 2.24) is 20.3 Å². The lowest BCUT2D eigenvalue weighted by Gasteiger charge is -2.26. The molecular formula is C12H16F3N5O3. The van der Waals surface area contributed by atoms with Crippen molar-refractivity contribution in [2.75, 3.05) is 38.3 Å².